The van der Waals surface area contributed by atoms with E-state index in [1.165, 1.54) is 6.26 Å². The molecule has 0 saturated carbocycles. The van der Waals surface area contributed by atoms with Gasteiger partial charge in [-0.05, 0) is 56.3 Å². The van der Waals surface area contributed by atoms with Crippen LogP contribution in [-0.4, -0.2) is 35.7 Å². The fourth-order valence-corrected chi connectivity index (χ4v) is 3.52. The van der Waals surface area contributed by atoms with Gasteiger partial charge in [0.1, 0.15) is 0 Å². The first-order chi connectivity index (χ1) is 14.0. The lowest BCUT2D eigenvalue weighted by Gasteiger charge is -2.18. The molecular formula is C21H21N3O4S. The van der Waals surface area contributed by atoms with Crippen LogP contribution in [-0.2, 0) is 0 Å². The highest BCUT2D eigenvalue weighted by atomic mass is 32.1. The monoisotopic (exact) mass is 411 g/mol. The van der Waals surface area contributed by atoms with E-state index in [0.29, 0.717) is 34.2 Å². The molecule has 0 aliphatic heterocycles. The van der Waals surface area contributed by atoms with Crippen molar-refractivity contribution in [3.8, 4) is 0 Å². The summed E-state index contributed by atoms with van der Waals surface area (Å²) in [6.07, 6.45) is 1.42. The number of furan rings is 1. The van der Waals surface area contributed by atoms with Gasteiger partial charge in [-0.3, -0.25) is 14.4 Å². The molecule has 0 atom stereocenters. The molecule has 1 aromatic carbocycles. The molecule has 8 heteroatoms. The molecule has 29 heavy (non-hydrogen) atoms. The molecule has 150 valence electrons. The van der Waals surface area contributed by atoms with Crippen LogP contribution in [0.5, 0.6) is 0 Å². The average Bonchev–Trinajstić information content (AvgIpc) is 3.41. The maximum atomic E-state index is 12.5. The Hall–Kier alpha value is -3.39. The SMILES string of the molecule is CCN(CC)C(=O)c1cccc(NC(=O)c2ccc(NC(=O)c3ccco3)s2)c1. The predicted octanol–water partition coefficient (Wildman–Crippen LogP) is 4.33. The lowest BCUT2D eigenvalue weighted by atomic mass is 10.1. The molecule has 2 N–H and O–H groups in total. The number of amides is 3. The lowest BCUT2D eigenvalue weighted by molar-refractivity contribution is 0.0772. The summed E-state index contributed by atoms with van der Waals surface area (Å²) in [5.41, 5.74) is 1.05. The van der Waals surface area contributed by atoms with Crippen molar-refractivity contribution in [1.29, 1.82) is 0 Å². The molecule has 0 aliphatic rings. The second-order valence-corrected chi connectivity index (χ2v) is 7.19. The van der Waals surface area contributed by atoms with Crippen LogP contribution in [0.25, 0.3) is 0 Å². The molecule has 0 spiro atoms. The van der Waals surface area contributed by atoms with Gasteiger partial charge in [-0.1, -0.05) is 6.07 Å². The Morgan fingerprint density at radius 2 is 1.76 bits per heavy atom. The number of thiophene rings is 1. The molecule has 0 unspecified atom stereocenters. The van der Waals surface area contributed by atoms with Crippen LogP contribution in [0.3, 0.4) is 0 Å². The summed E-state index contributed by atoms with van der Waals surface area (Å²) >= 11 is 1.15. The number of hydrogen-bond donors (Lipinski definition) is 2. The molecule has 0 fully saturated rings. The summed E-state index contributed by atoms with van der Waals surface area (Å²) in [4.78, 5) is 39.2. The second-order valence-electron chi connectivity index (χ2n) is 6.11. The van der Waals surface area contributed by atoms with Crippen molar-refractivity contribution in [2.45, 2.75) is 13.8 Å². The first kappa shape index (κ1) is 20.3. The maximum absolute atomic E-state index is 12.5. The summed E-state index contributed by atoms with van der Waals surface area (Å²) in [6, 6.07) is 13.3. The Kier molecular flexibility index (Phi) is 6.46. The van der Waals surface area contributed by atoms with E-state index in [4.69, 9.17) is 4.42 Å². The predicted molar refractivity (Wildman–Crippen MR) is 113 cm³/mol. The van der Waals surface area contributed by atoms with Crippen molar-refractivity contribution in [2.75, 3.05) is 23.7 Å². The van der Waals surface area contributed by atoms with E-state index in [2.05, 4.69) is 10.6 Å². The average molecular weight is 411 g/mol. The van der Waals surface area contributed by atoms with E-state index in [1.54, 1.807) is 53.4 Å². The molecule has 0 saturated heterocycles. The quantitative estimate of drug-likeness (QED) is 0.605. The van der Waals surface area contributed by atoms with Gasteiger partial charge >= 0.3 is 0 Å². The fraction of sp³-hybridized carbons (Fsp3) is 0.190. The number of carbonyl (C=O) groups excluding carboxylic acids is 3. The first-order valence-corrected chi connectivity index (χ1v) is 9.98. The number of carbonyl (C=O) groups is 3. The van der Waals surface area contributed by atoms with Gasteiger partial charge in [0.2, 0.25) is 0 Å². The molecule has 0 aliphatic carbocycles. The standard InChI is InChI=1S/C21H21N3O4S/c1-3-24(4-2)21(27)14-7-5-8-15(13-14)22-20(26)17-10-11-18(29-17)23-19(25)16-9-6-12-28-16/h5-13H,3-4H2,1-2H3,(H,22,26)(H,23,25). The molecule has 3 aromatic rings. The third-order valence-electron chi connectivity index (χ3n) is 4.23. The Balaban J connectivity index is 1.66. The van der Waals surface area contributed by atoms with Gasteiger partial charge in [-0.2, -0.15) is 0 Å². The van der Waals surface area contributed by atoms with Crippen LogP contribution in [0, 0.1) is 0 Å². The van der Waals surface area contributed by atoms with Crippen molar-refractivity contribution < 1.29 is 18.8 Å². The van der Waals surface area contributed by atoms with E-state index < -0.39 is 0 Å². The minimum atomic E-state index is -0.383. The number of rotatable bonds is 7. The van der Waals surface area contributed by atoms with Gasteiger partial charge in [-0.15, -0.1) is 11.3 Å². The highest BCUT2D eigenvalue weighted by molar-refractivity contribution is 7.18. The van der Waals surface area contributed by atoms with Crippen molar-refractivity contribution >= 4 is 39.7 Å². The maximum Gasteiger partial charge on any atom is 0.291 e. The highest BCUT2D eigenvalue weighted by Crippen LogP contribution is 2.24. The minimum Gasteiger partial charge on any atom is -0.459 e. The van der Waals surface area contributed by atoms with Crippen molar-refractivity contribution in [3.63, 3.8) is 0 Å². The zero-order valence-corrected chi connectivity index (χ0v) is 16.9. The third-order valence-corrected chi connectivity index (χ3v) is 5.23. The van der Waals surface area contributed by atoms with Gasteiger partial charge in [0.25, 0.3) is 17.7 Å². The van der Waals surface area contributed by atoms with Crippen LogP contribution in [0.15, 0.2) is 59.2 Å². The molecule has 2 aromatic heterocycles. The normalized spacial score (nSPS) is 10.4. The van der Waals surface area contributed by atoms with Gasteiger partial charge in [-0.25, -0.2) is 0 Å². The number of nitrogens with zero attached hydrogens (tertiary/aromatic N) is 1. The van der Waals surface area contributed by atoms with E-state index in [0.717, 1.165) is 11.3 Å². The molecule has 0 bridgehead atoms. The summed E-state index contributed by atoms with van der Waals surface area (Å²) in [7, 11) is 0. The van der Waals surface area contributed by atoms with Crippen LogP contribution in [0.1, 0.15) is 44.4 Å². The third kappa shape index (κ3) is 4.91. The first-order valence-electron chi connectivity index (χ1n) is 9.17. The van der Waals surface area contributed by atoms with E-state index in [9.17, 15) is 14.4 Å². The Morgan fingerprint density at radius 1 is 0.966 bits per heavy atom. The van der Waals surface area contributed by atoms with E-state index >= 15 is 0 Å². The second kappa shape index (κ2) is 9.20. The van der Waals surface area contributed by atoms with Gasteiger partial charge < -0.3 is 20.0 Å². The summed E-state index contributed by atoms with van der Waals surface area (Å²) in [6.45, 7) is 5.08. The van der Waals surface area contributed by atoms with Crippen molar-refractivity contribution in [2.24, 2.45) is 0 Å². The Bertz CT molecular complexity index is 1010. The number of hydrogen-bond acceptors (Lipinski definition) is 5. The van der Waals surface area contributed by atoms with Crippen molar-refractivity contribution in [3.05, 3.63) is 71.0 Å². The largest absolute Gasteiger partial charge is 0.459 e. The molecule has 3 amide bonds. The van der Waals surface area contributed by atoms with Gasteiger partial charge in [0.05, 0.1) is 16.1 Å². The smallest absolute Gasteiger partial charge is 0.291 e. The summed E-state index contributed by atoms with van der Waals surface area (Å²) < 4.78 is 5.05. The molecule has 0 radical (unpaired) electrons. The summed E-state index contributed by atoms with van der Waals surface area (Å²) in [5, 5.41) is 6.01. The van der Waals surface area contributed by atoms with Gasteiger partial charge in [0, 0.05) is 24.3 Å². The number of benzene rings is 1. The molecule has 2 heterocycles. The van der Waals surface area contributed by atoms with Crippen LogP contribution >= 0.6 is 11.3 Å². The van der Waals surface area contributed by atoms with Crippen molar-refractivity contribution in [1.82, 2.24) is 4.90 Å². The fourth-order valence-electron chi connectivity index (χ4n) is 2.72. The zero-order chi connectivity index (χ0) is 20.8. The topological polar surface area (TPSA) is 91.7 Å². The molecule has 7 nitrogen and oxygen atoms in total. The molecular weight excluding hydrogens is 390 g/mol. The van der Waals surface area contributed by atoms with Crippen LogP contribution in [0.2, 0.25) is 0 Å². The van der Waals surface area contributed by atoms with Crippen LogP contribution < -0.4 is 10.6 Å². The minimum absolute atomic E-state index is 0.0786. The van der Waals surface area contributed by atoms with Crippen LogP contribution in [0.4, 0.5) is 10.7 Å². The zero-order valence-electron chi connectivity index (χ0n) is 16.1. The van der Waals surface area contributed by atoms with Gasteiger partial charge in [0.15, 0.2) is 5.76 Å². The molecule has 3 rings (SSSR count). The van der Waals surface area contributed by atoms with E-state index in [-0.39, 0.29) is 23.5 Å². The Morgan fingerprint density at radius 3 is 2.45 bits per heavy atom. The Labute approximate surface area is 172 Å². The number of anilines is 2. The number of nitrogens with one attached hydrogen (secondary N) is 2. The van der Waals surface area contributed by atoms with E-state index in [1.807, 2.05) is 13.8 Å². The lowest BCUT2D eigenvalue weighted by Crippen LogP contribution is -2.30. The summed E-state index contributed by atoms with van der Waals surface area (Å²) in [5.74, 6) is -0.586. The highest BCUT2D eigenvalue weighted by Gasteiger charge is 2.16.